The maximum Gasteiger partial charge on any atom is 0.420 e. The number of hydrogen-bond acceptors (Lipinski definition) is 3. The zero-order valence-electron chi connectivity index (χ0n) is 12.7. The van der Waals surface area contributed by atoms with Crippen LogP contribution in [0.4, 0.5) is 5.69 Å². The molecule has 1 amide bonds. The quantitative estimate of drug-likeness (QED) is 0.799. The normalized spacial score (nSPS) is 10.9. The highest BCUT2D eigenvalue weighted by molar-refractivity contribution is 6.31. The van der Waals surface area contributed by atoms with E-state index in [2.05, 4.69) is 5.32 Å². The molecule has 0 bridgehead atoms. The van der Waals surface area contributed by atoms with Gasteiger partial charge in [0.15, 0.2) is 5.58 Å². The largest absolute Gasteiger partial charge is 0.420 e. The lowest BCUT2D eigenvalue weighted by molar-refractivity contribution is -0.116. The Morgan fingerprint density at radius 3 is 2.74 bits per heavy atom. The Labute approximate surface area is 137 Å². The SMILES string of the molecule is Cc1ccc(NC(=O)Cn2c(=O)oc3ccc(Cl)cc32)c(C)c1. The van der Waals surface area contributed by atoms with Crippen molar-refractivity contribution in [2.75, 3.05) is 5.32 Å². The van der Waals surface area contributed by atoms with Gasteiger partial charge in [-0.1, -0.05) is 29.3 Å². The average Bonchev–Trinajstić information content (AvgIpc) is 2.78. The van der Waals surface area contributed by atoms with Crippen LogP contribution in [-0.2, 0) is 11.3 Å². The summed E-state index contributed by atoms with van der Waals surface area (Å²) in [5, 5.41) is 3.28. The van der Waals surface area contributed by atoms with E-state index >= 15 is 0 Å². The van der Waals surface area contributed by atoms with E-state index in [1.54, 1.807) is 18.2 Å². The first-order chi connectivity index (χ1) is 10.9. The maximum atomic E-state index is 12.3. The molecule has 0 atom stereocenters. The number of oxazole rings is 1. The van der Waals surface area contributed by atoms with Crippen molar-refractivity contribution in [1.82, 2.24) is 4.57 Å². The van der Waals surface area contributed by atoms with Gasteiger partial charge in [-0.3, -0.25) is 9.36 Å². The molecule has 5 nitrogen and oxygen atoms in total. The number of aryl methyl sites for hydroxylation is 2. The number of amides is 1. The molecule has 23 heavy (non-hydrogen) atoms. The summed E-state index contributed by atoms with van der Waals surface area (Å²) >= 11 is 5.94. The zero-order valence-corrected chi connectivity index (χ0v) is 13.5. The number of nitrogens with zero attached hydrogens (tertiary/aromatic N) is 1. The highest BCUT2D eigenvalue weighted by Gasteiger charge is 2.13. The average molecular weight is 331 g/mol. The summed E-state index contributed by atoms with van der Waals surface area (Å²) in [6.07, 6.45) is 0. The van der Waals surface area contributed by atoms with Gasteiger partial charge in [0.25, 0.3) is 0 Å². The van der Waals surface area contributed by atoms with Crippen molar-refractivity contribution in [2.24, 2.45) is 0 Å². The Balaban J connectivity index is 1.87. The molecule has 0 radical (unpaired) electrons. The van der Waals surface area contributed by atoms with E-state index in [1.807, 2.05) is 32.0 Å². The topological polar surface area (TPSA) is 64.2 Å². The van der Waals surface area contributed by atoms with Gasteiger partial charge >= 0.3 is 5.76 Å². The van der Waals surface area contributed by atoms with Crippen LogP contribution in [-0.4, -0.2) is 10.5 Å². The molecule has 3 rings (SSSR count). The maximum absolute atomic E-state index is 12.3. The van der Waals surface area contributed by atoms with Crippen LogP contribution < -0.4 is 11.1 Å². The van der Waals surface area contributed by atoms with Gasteiger partial charge in [0.1, 0.15) is 6.54 Å². The van der Waals surface area contributed by atoms with E-state index in [0.717, 1.165) is 16.8 Å². The molecule has 1 aromatic heterocycles. The number of anilines is 1. The van der Waals surface area contributed by atoms with Gasteiger partial charge in [-0.15, -0.1) is 0 Å². The zero-order chi connectivity index (χ0) is 16.6. The fraction of sp³-hybridized carbons (Fsp3) is 0.176. The number of carbonyl (C=O) groups excluding carboxylic acids is 1. The minimum atomic E-state index is -0.585. The molecule has 0 unspecified atom stereocenters. The van der Waals surface area contributed by atoms with Crippen LogP contribution in [0, 0.1) is 13.8 Å². The molecule has 0 fully saturated rings. The summed E-state index contributed by atoms with van der Waals surface area (Å²) in [6, 6.07) is 10.6. The first-order valence-electron chi connectivity index (χ1n) is 7.10. The Bertz CT molecular complexity index is 956. The van der Waals surface area contributed by atoms with Gasteiger partial charge in [-0.05, 0) is 43.7 Å². The van der Waals surface area contributed by atoms with Crippen molar-refractivity contribution in [1.29, 1.82) is 0 Å². The second kappa shape index (κ2) is 5.93. The fourth-order valence-corrected chi connectivity index (χ4v) is 2.64. The van der Waals surface area contributed by atoms with E-state index < -0.39 is 5.76 Å². The Hall–Kier alpha value is -2.53. The molecular weight excluding hydrogens is 316 g/mol. The molecule has 1 N–H and O–H groups in total. The molecular formula is C17H15ClN2O3. The Morgan fingerprint density at radius 1 is 1.22 bits per heavy atom. The van der Waals surface area contributed by atoms with E-state index in [1.165, 1.54) is 4.57 Å². The first-order valence-corrected chi connectivity index (χ1v) is 7.48. The summed E-state index contributed by atoms with van der Waals surface area (Å²) in [7, 11) is 0. The number of nitrogens with one attached hydrogen (secondary N) is 1. The third-order valence-corrected chi connectivity index (χ3v) is 3.82. The van der Waals surface area contributed by atoms with Crippen LogP contribution in [0.5, 0.6) is 0 Å². The number of aromatic nitrogens is 1. The number of rotatable bonds is 3. The highest BCUT2D eigenvalue weighted by atomic mass is 35.5. The lowest BCUT2D eigenvalue weighted by Gasteiger charge is -2.09. The summed E-state index contributed by atoms with van der Waals surface area (Å²) < 4.78 is 6.38. The summed E-state index contributed by atoms with van der Waals surface area (Å²) in [6.45, 7) is 3.76. The molecule has 118 valence electrons. The summed E-state index contributed by atoms with van der Waals surface area (Å²) in [4.78, 5) is 24.2. The van der Waals surface area contributed by atoms with Gasteiger partial charge < -0.3 is 9.73 Å². The lowest BCUT2D eigenvalue weighted by Crippen LogP contribution is -2.25. The molecule has 0 aliphatic heterocycles. The summed E-state index contributed by atoms with van der Waals surface area (Å²) in [5.74, 6) is -0.889. The number of benzene rings is 2. The second-order valence-electron chi connectivity index (χ2n) is 5.43. The molecule has 0 saturated carbocycles. The van der Waals surface area contributed by atoms with Crippen molar-refractivity contribution in [3.63, 3.8) is 0 Å². The van der Waals surface area contributed by atoms with Gasteiger partial charge in [-0.25, -0.2) is 4.79 Å². The molecule has 1 heterocycles. The summed E-state index contributed by atoms with van der Waals surface area (Å²) in [5.41, 5.74) is 3.70. The molecule has 2 aromatic carbocycles. The van der Waals surface area contributed by atoms with E-state index in [0.29, 0.717) is 16.1 Å². The molecule has 0 aliphatic rings. The minimum absolute atomic E-state index is 0.139. The van der Waals surface area contributed by atoms with Crippen LogP contribution in [0.1, 0.15) is 11.1 Å². The molecule has 3 aromatic rings. The number of carbonyl (C=O) groups is 1. The van der Waals surface area contributed by atoms with Gasteiger partial charge in [0.05, 0.1) is 5.52 Å². The highest BCUT2D eigenvalue weighted by Crippen LogP contribution is 2.19. The van der Waals surface area contributed by atoms with Crippen molar-refractivity contribution < 1.29 is 9.21 Å². The number of hydrogen-bond donors (Lipinski definition) is 1. The fourth-order valence-electron chi connectivity index (χ4n) is 2.47. The van der Waals surface area contributed by atoms with Gasteiger partial charge in [0, 0.05) is 10.7 Å². The van der Waals surface area contributed by atoms with Gasteiger partial charge in [0.2, 0.25) is 5.91 Å². The van der Waals surface area contributed by atoms with Crippen molar-refractivity contribution in [3.8, 4) is 0 Å². The lowest BCUT2D eigenvalue weighted by atomic mass is 10.1. The Kier molecular flexibility index (Phi) is 3.96. The van der Waals surface area contributed by atoms with Crippen LogP contribution >= 0.6 is 11.6 Å². The van der Waals surface area contributed by atoms with Crippen LogP contribution in [0.2, 0.25) is 5.02 Å². The number of halogens is 1. The van der Waals surface area contributed by atoms with Crippen LogP contribution in [0.25, 0.3) is 11.1 Å². The Morgan fingerprint density at radius 2 is 2.00 bits per heavy atom. The monoisotopic (exact) mass is 330 g/mol. The third kappa shape index (κ3) is 3.14. The molecule has 0 aliphatic carbocycles. The first kappa shape index (κ1) is 15.4. The van der Waals surface area contributed by atoms with E-state index in [9.17, 15) is 9.59 Å². The molecule has 6 heteroatoms. The van der Waals surface area contributed by atoms with Crippen LogP contribution in [0.3, 0.4) is 0 Å². The predicted molar refractivity (Wildman–Crippen MR) is 90.0 cm³/mol. The van der Waals surface area contributed by atoms with Crippen molar-refractivity contribution in [3.05, 3.63) is 63.1 Å². The van der Waals surface area contributed by atoms with E-state index in [-0.39, 0.29) is 12.5 Å². The van der Waals surface area contributed by atoms with E-state index in [4.69, 9.17) is 16.0 Å². The predicted octanol–water partition coefficient (Wildman–Crippen LogP) is 3.50. The minimum Gasteiger partial charge on any atom is -0.408 e. The third-order valence-electron chi connectivity index (χ3n) is 3.59. The smallest absolute Gasteiger partial charge is 0.408 e. The molecule has 0 saturated heterocycles. The van der Waals surface area contributed by atoms with Crippen molar-refractivity contribution >= 4 is 34.3 Å². The van der Waals surface area contributed by atoms with Gasteiger partial charge in [-0.2, -0.15) is 0 Å². The standard InChI is InChI=1S/C17H15ClN2O3/c1-10-3-5-13(11(2)7-10)19-16(21)9-20-14-8-12(18)4-6-15(14)23-17(20)22/h3-8H,9H2,1-2H3,(H,19,21). The van der Waals surface area contributed by atoms with Crippen LogP contribution in [0.15, 0.2) is 45.6 Å². The van der Waals surface area contributed by atoms with Crippen molar-refractivity contribution in [2.45, 2.75) is 20.4 Å². The number of fused-ring (bicyclic) bond motifs is 1. The molecule has 0 spiro atoms. The second-order valence-corrected chi connectivity index (χ2v) is 5.87.